The second-order valence-electron chi connectivity index (χ2n) is 6.13. The molecule has 0 aliphatic heterocycles. The fourth-order valence-electron chi connectivity index (χ4n) is 2.58. The number of nitrogens with zero attached hydrogens (tertiary/aromatic N) is 2. The summed E-state index contributed by atoms with van der Waals surface area (Å²) in [4.78, 5) is 2.34. The molecule has 0 heterocycles. The zero-order chi connectivity index (χ0) is 15.9. The topological polar surface area (TPSA) is 39.1 Å². The second kappa shape index (κ2) is 8.17. The largest absolute Gasteiger partial charge is 0.303 e. The first-order valence-corrected chi connectivity index (χ1v) is 7.89. The summed E-state index contributed by atoms with van der Waals surface area (Å²) >= 11 is 0. The molecule has 0 saturated carbocycles. The molecule has 0 aliphatic rings. The van der Waals surface area contributed by atoms with Gasteiger partial charge < -0.3 is 4.90 Å². The normalized spacial score (nSPS) is 15.7. The Labute approximate surface area is 130 Å². The first-order valence-electron chi connectivity index (χ1n) is 7.89. The van der Waals surface area contributed by atoms with E-state index in [2.05, 4.69) is 51.0 Å². The number of benzene rings is 1. The van der Waals surface area contributed by atoms with Crippen molar-refractivity contribution in [3.05, 3.63) is 35.9 Å². The highest BCUT2D eigenvalue weighted by molar-refractivity contribution is 5.31. The van der Waals surface area contributed by atoms with Crippen LogP contribution in [0.2, 0.25) is 0 Å². The Morgan fingerprint density at radius 2 is 1.86 bits per heavy atom. The van der Waals surface area contributed by atoms with Gasteiger partial charge in [0.05, 0.1) is 6.07 Å². The molecule has 21 heavy (non-hydrogen) atoms. The Kier molecular flexibility index (Phi) is 6.87. The van der Waals surface area contributed by atoms with E-state index in [-0.39, 0.29) is 0 Å². The van der Waals surface area contributed by atoms with Crippen LogP contribution in [0, 0.1) is 17.2 Å². The van der Waals surface area contributed by atoms with Crippen LogP contribution in [0.25, 0.3) is 0 Å². The zero-order valence-electron chi connectivity index (χ0n) is 14.1. The summed E-state index contributed by atoms with van der Waals surface area (Å²) < 4.78 is 0. The minimum absolute atomic E-state index is 0.513. The summed E-state index contributed by atoms with van der Waals surface area (Å²) in [5, 5.41) is 13.2. The van der Waals surface area contributed by atoms with Crippen LogP contribution >= 0.6 is 0 Å². The smallest absolute Gasteiger partial charge is 0.133 e. The average molecular weight is 287 g/mol. The molecule has 3 nitrogen and oxygen atoms in total. The molecular weight excluding hydrogens is 258 g/mol. The average Bonchev–Trinajstić information content (AvgIpc) is 2.51. The van der Waals surface area contributed by atoms with Gasteiger partial charge in [0.25, 0.3) is 0 Å². The molecule has 2 unspecified atom stereocenters. The van der Waals surface area contributed by atoms with Crippen molar-refractivity contribution in [1.82, 2.24) is 10.2 Å². The van der Waals surface area contributed by atoms with Crippen LogP contribution in [0.15, 0.2) is 30.3 Å². The molecule has 0 radical (unpaired) electrons. The molecule has 1 N–H and O–H groups in total. The Balaban J connectivity index is 2.88. The van der Waals surface area contributed by atoms with Crippen molar-refractivity contribution >= 4 is 0 Å². The zero-order valence-corrected chi connectivity index (χ0v) is 14.1. The van der Waals surface area contributed by atoms with Crippen molar-refractivity contribution in [3.8, 4) is 6.07 Å². The van der Waals surface area contributed by atoms with Gasteiger partial charge in [-0.2, -0.15) is 5.26 Å². The van der Waals surface area contributed by atoms with Gasteiger partial charge in [-0.05, 0) is 38.4 Å². The molecule has 3 heteroatoms. The summed E-state index contributed by atoms with van der Waals surface area (Å²) in [7, 11) is 2.14. The minimum atomic E-state index is -0.596. The highest BCUT2D eigenvalue weighted by Gasteiger charge is 2.31. The van der Waals surface area contributed by atoms with E-state index < -0.39 is 5.54 Å². The van der Waals surface area contributed by atoms with Crippen molar-refractivity contribution < 1.29 is 0 Å². The summed E-state index contributed by atoms with van der Waals surface area (Å²) in [5.41, 5.74) is 0.459. The van der Waals surface area contributed by atoms with Gasteiger partial charge in [-0.15, -0.1) is 0 Å². The minimum Gasteiger partial charge on any atom is -0.303 e. The van der Waals surface area contributed by atoms with Crippen LogP contribution in [-0.2, 0) is 5.54 Å². The maximum absolute atomic E-state index is 9.79. The van der Waals surface area contributed by atoms with Gasteiger partial charge in [0.15, 0.2) is 0 Å². The molecule has 0 bridgehead atoms. The van der Waals surface area contributed by atoms with Crippen molar-refractivity contribution in [2.24, 2.45) is 5.92 Å². The number of nitriles is 1. The molecule has 0 aliphatic carbocycles. The highest BCUT2D eigenvalue weighted by atomic mass is 15.1. The third kappa shape index (κ3) is 4.56. The van der Waals surface area contributed by atoms with Gasteiger partial charge in [0.2, 0.25) is 0 Å². The molecule has 116 valence electrons. The monoisotopic (exact) mass is 287 g/mol. The summed E-state index contributed by atoms with van der Waals surface area (Å²) in [6.07, 6.45) is 0.787. The summed E-state index contributed by atoms with van der Waals surface area (Å²) in [6, 6.07) is 13.1. The van der Waals surface area contributed by atoms with E-state index in [1.165, 1.54) is 0 Å². The molecule has 0 amide bonds. The SMILES string of the molecule is CCNC(C#N)(CCN(C)C(C)C(C)C)c1ccccc1. The van der Waals surface area contributed by atoms with Crippen LogP contribution in [0.1, 0.15) is 39.7 Å². The van der Waals surface area contributed by atoms with E-state index in [4.69, 9.17) is 0 Å². The van der Waals surface area contributed by atoms with Crippen LogP contribution in [0.4, 0.5) is 0 Å². The lowest BCUT2D eigenvalue weighted by Crippen LogP contribution is -2.45. The van der Waals surface area contributed by atoms with E-state index in [1.807, 2.05) is 30.3 Å². The van der Waals surface area contributed by atoms with Crippen molar-refractivity contribution in [1.29, 1.82) is 5.26 Å². The fourth-order valence-corrected chi connectivity index (χ4v) is 2.58. The van der Waals surface area contributed by atoms with Crippen LogP contribution in [0.5, 0.6) is 0 Å². The number of hydrogen-bond donors (Lipinski definition) is 1. The van der Waals surface area contributed by atoms with Gasteiger partial charge >= 0.3 is 0 Å². The molecule has 0 spiro atoms. The van der Waals surface area contributed by atoms with E-state index in [0.717, 1.165) is 25.1 Å². The fraction of sp³-hybridized carbons (Fsp3) is 0.611. The molecule has 2 atom stereocenters. The lowest BCUT2D eigenvalue weighted by atomic mass is 9.87. The molecule has 0 saturated heterocycles. The second-order valence-corrected chi connectivity index (χ2v) is 6.13. The molecule has 0 aromatic heterocycles. The first-order chi connectivity index (χ1) is 9.96. The Morgan fingerprint density at radius 1 is 1.24 bits per heavy atom. The third-order valence-corrected chi connectivity index (χ3v) is 4.44. The van der Waals surface area contributed by atoms with E-state index in [1.54, 1.807) is 0 Å². The first kappa shape index (κ1) is 17.7. The van der Waals surface area contributed by atoms with Gasteiger partial charge in [0, 0.05) is 12.6 Å². The van der Waals surface area contributed by atoms with Crippen molar-refractivity contribution in [2.75, 3.05) is 20.1 Å². The quantitative estimate of drug-likeness (QED) is 0.796. The van der Waals surface area contributed by atoms with Gasteiger partial charge in [0.1, 0.15) is 5.54 Å². The molecule has 1 rings (SSSR count). The van der Waals surface area contributed by atoms with Crippen LogP contribution < -0.4 is 5.32 Å². The number of rotatable bonds is 8. The Hall–Kier alpha value is -1.37. The molecule has 0 fully saturated rings. The number of hydrogen-bond acceptors (Lipinski definition) is 3. The van der Waals surface area contributed by atoms with Crippen LogP contribution in [0.3, 0.4) is 0 Å². The van der Waals surface area contributed by atoms with Gasteiger partial charge in [-0.1, -0.05) is 51.1 Å². The third-order valence-electron chi connectivity index (χ3n) is 4.44. The van der Waals surface area contributed by atoms with E-state index >= 15 is 0 Å². The Morgan fingerprint density at radius 3 is 2.33 bits per heavy atom. The van der Waals surface area contributed by atoms with Gasteiger partial charge in [-0.3, -0.25) is 5.32 Å². The van der Waals surface area contributed by atoms with Gasteiger partial charge in [-0.25, -0.2) is 0 Å². The molecule has 1 aromatic carbocycles. The lowest BCUT2D eigenvalue weighted by Gasteiger charge is -2.33. The summed E-state index contributed by atoms with van der Waals surface area (Å²) in [6.45, 7) is 10.4. The standard InChI is InChI=1S/C18H29N3/c1-6-20-18(14-19,17-10-8-7-9-11-17)12-13-21(5)16(4)15(2)3/h7-11,15-16,20H,6,12-13H2,1-5H3. The maximum atomic E-state index is 9.79. The molecule has 1 aromatic rings. The van der Waals surface area contributed by atoms with E-state index in [0.29, 0.717) is 12.0 Å². The molecular formula is C18H29N3. The predicted octanol–water partition coefficient (Wildman–Crippen LogP) is 3.38. The highest BCUT2D eigenvalue weighted by Crippen LogP contribution is 2.25. The van der Waals surface area contributed by atoms with Crippen molar-refractivity contribution in [2.45, 2.75) is 45.7 Å². The number of nitrogens with one attached hydrogen (secondary N) is 1. The van der Waals surface area contributed by atoms with Crippen molar-refractivity contribution in [3.63, 3.8) is 0 Å². The maximum Gasteiger partial charge on any atom is 0.133 e. The lowest BCUT2D eigenvalue weighted by molar-refractivity contribution is 0.189. The Bertz CT molecular complexity index is 449. The predicted molar refractivity (Wildman–Crippen MR) is 89.0 cm³/mol. The van der Waals surface area contributed by atoms with E-state index in [9.17, 15) is 5.26 Å². The van der Waals surface area contributed by atoms with Crippen LogP contribution in [-0.4, -0.2) is 31.1 Å². The summed E-state index contributed by atoms with van der Waals surface area (Å²) in [5.74, 6) is 0.613.